The van der Waals surface area contributed by atoms with Gasteiger partial charge in [-0.25, -0.2) is 14.6 Å². The molecule has 7 heteroatoms. The van der Waals surface area contributed by atoms with Gasteiger partial charge in [0.25, 0.3) is 0 Å². The number of aromatic amines is 2. The van der Waals surface area contributed by atoms with E-state index in [2.05, 4.69) is 15.0 Å². The number of hydrogen-bond donors (Lipinski definition) is 3. The van der Waals surface area contributed by atoms with Gasteiger partial charge in [0, 0.05) is 5.39 Å². The van der Waals surface area contributed by atoms with Crippen molar-refractivity contribution in [1.82, 2.24) is 15.0 Å². The number of benzene rings is 1. The molecular weight excluding hydrogens is 274 g/mol. The smallest absolute Gasteiger partial charge is 0.344 e. The van der Waals surface area contributed by atoms with E-state index in [0.29, 0.717) is 28.9 Å². The lowest BCUT2D eigenvalue weighted by atomic mass is 10.2. The summed E-state index contributed by atoms with van der Waals surface area (Å²) in [7, 11) is 0. The van der Waals surface area contributed by atoms with Crippen LogP contribution in [0.25, 0.3) is 22.1 Å². The second-order valence-corrected chi connectivity index (χ2v) is 4.67. The fourth-order valence-electron chi connectivity index (χ4n) is 2.15. The lowest BCUT2D eigenvalue weighted by Crippen LogP contribution is -2.25. The van der Waals surface area contributed by atoms with E-state index in [1.165, 1.54) is 0 Å². The fraction of sp³-hybridized carbons (Fsp3) is 0.214. The van der Waals surface area contributed by atoms with Crippen molar-refractivity contribution in [2.24, 2.45) is 0 Å². The minimum absolute atomic E-state index is 0.318. The normalized spacial score (nSPS) is 12.6. The van der Waals surface area contributed by atoms with Crippen LogP contribution < -0.4 is 10.4 Å². The van der Waals surface area contributed by atoms with Crippen molar-refractivity contribution in [2.75, 3.05) is 0 Å². The van der Waals surface area contributed by atoms with E-state index in [-0.39, 0.29) is 5.69 Å². The number of carboxylic acid groups (broad SMARTS) is 1. The molecule has 0 radical (unpaired) electrons. The standard InChI is InChI=1S/C14H13N3O4/c1-2-11(13(18)19)21-8-3-4-9-7(5-8)6-10-12(15-9)17-14(20)16-10/h3-6,11H,2H2,1H3,(H,18,19)(H2,15,16,17,20). The maximum absolute atomic E-state index is 11.3. The Labute approximate surface area is 118 Å². The summed E-state index contributed by atoms with van der Waals surface area (Å²) in [5, 5.41) is 9.77. The Hall–Kier alpha value is -2.83. The third kappa shape index (κ3) is 2.45. The lowest BCUT2D eigenvalue weighted by molar-refractivity contribution is -0.145. The fourth-order valence-corrected chi connectivity index (χ4v) is 2.15. The molecule has 1 atom stereocenters. The molecule has 0 aliphatic rings. The van der Waals surface area contributed by atoms with Gasteiger partial charge in [0.15, 0.2) is 11.8 Å². The zero-order chi connectivity index (χ0) is 15.0. The SMILES string of the molecule is CCC(Oc1ccc2nc3[nH]c(=O)[nH]c3cc2c1)C(=O)O. The first-order valence-electron chi connectivity index (χ1n) is 6.49. The molecule has 0 bridgehead atoms. The molecule has 2 aromatic heterocycles. The van der Waals surface area contributed by atoms with Crippen LogP contribution in [-0.4, -0.2) is 32.1 Å². The minimum Gasteiger partial charge on any atom is -0.479 e. The number of ether oxygens (including phenoxy) is 1. The summed E-state index contributed by atoms with van der Waals surface area (Å²) in [4.78, 5) is 31.8. The van der Waals surface area contributed by atoms with Gasteiger partial charge >= 0.3 is 11.7 Å². The average molecular weight is 287 g/mol. The Kier molecular flexibility index (Phi) is 3.09. The van der Waals surface area contributed by atoms with Gasteiger partial charge in [0.2, 0.25) is 0 Å². The van der Waals surface area contributed by atoms with Gasteiger partial charge < -0.3 is 14.8 Å². The molecule has 21 heavy (non-hydrogen) atoms. The van der Waals surface area contributed by atoms with E-state index in [0.717, 1.165) is 5.39 Å². The van der Waals surface area contributed by atoms with E-state index in [1.807, 2.05) is 0 Å². The van der Waals surface area contributed by atoms with E-state index >= 15 is 0 Å². The third-order valence-corrected chi connectivity index (χ3v) is 3.19. The number of nitrogens with one attached hydrogen (secondary N) is 2. The molecular formula is C14H13N3O4. The molecule has 1 unspecified atom stereocenters. The molecule has 0 aliphatic heterocycles. The number of rotatable bonds is 4. The molecule has 0 spiro atoms. The van der Waals surface area contributed by atoms with Gasteiger partial charge in [-0.2, -0.15) is 0 Å². The largest absolute Gasteiger partial charge is 0.479 e. The number of carbonyl (C=O) groups is 1. The average Bonchev–Trinajstić information content (AvgIpc) is 2.80. The van der Waals surface area contributed by atoms with Gasteiger partial charge in [-0.15, -0.1) is 0 Å². The molecule has 3 aromatic rings. The van der Waals surface area contributed by atoms with Crippen molar-refractivity contribution in [1.29, 1.82) is 0 Å². The molecule has 1 aromatic carbocycles. The lowest BCUT2D eigenvalue weighted by Gasteiger charge is -2.13. The van der Waals surface area contributed by atoms with Crippen LogP contribution in [0.15, 0.2) is 29.1 Å². The predicted molar refractivity (Wildman–Crippen MR) is 76.6 cm³/mol. The number of H-pyrrole nitrogens is 2. The van der Waals surface area contributed by atoms with E-state index in [9.17, 15) is 9.59 Å². The number of imidazole rings is 1. The van der Waals surface area contributed by atoms with E-state index in [1.54, 1.807) is 31.2 Å². The highest BCUT2D eigenvalue weighted by Gasteiger charge is 2.16. The minimum atomic E-state index is -0.999. The number of hydrogen-bond acceptors (Lipinski definition) is 4. The summed E-state index contributed by atoms with van der Waals surface area (Å²) < 4.78 is 5.44. The molecule has 0 fully saturated rings. The van der Waals surface area contributed by atoms with Gasteiger partial charge in [0.1, 0.15) is 5.75 Å². The second-order valence-electron chi connectivity index (χ2n) is 4.67. The molecule has 2 heterocycles. The number of nitrogens with zero attached hydrogens (tertiary/aromatic N) is 1. The first kappa shape index (κ1) is 13.2. The van der Waals surface area contributed by atoms with Crippen molar-refractivity contribution >= 4 is 28.0 Å². The van der Waals surface area contributed by atoms with Crippen LogP contribution in [0.3, 0.4) is 0 Å². The van der Waals surface area contributed by atoms with Crippen molar-refractivity contribution in [2.45, 2.75) is 19.4 Å². The van der Waals surface area contributed by atoms with Crippen LogP contribution in [-0.2, 0) is 4.79 Å². The van der Waals surface area contributed by atoms with Crippen molar-refractivity contribution in [3.8, 4) is 5.75 Å². The monoisotopic (exact) mass is 287 g/mol. The van der Waals surface area contributed by atoms with Gasteiger partial charge in [-0.05, 0) is 30.7 Å². The third-order valence-electron chi connectivity index (χ3n) is 3.19. The molecule has 0 saturated heterocycles. The van der Waals surface area contributed by atoms with Crippen LogP contribution in [0, 0.1) is 0 Å². The van der Waals surface area contributed by atoms with Gasteiger partial charge in [-0.3, -0.25) is 4.98 Å². The number of fused-ring (bicyclic) bond motifs is 2. The number of pyridine rings is 1. The van der Waals surface area contributed by atoms with E-state index in [4.69, 9.17) is 9.84 Å². The number of carboxylic acids is 1. The van der Waals surface area contributed by atoms with Crippen LogP contribution in [0.4, 0.5) is 0 Å². The highest BCUT2D eigenvalue weighted by atomic mass is 16.5. The molecule has 3 rings (SSSR count). The molecule has 0 aliphatic carbocycles. The maximum Gasteiger partial charge on any atom is 0.344 e. The zero-order valence-electron chi connectivity index (χ0n) is 11.2. The van der Waals surface area contributed by atoms with E-state index < -0.39 is 12.1 Å². The van der Waals surface area contributed by atoms with Crippen LogP contribution >= 0.6 is 0 Å². The molecule has 7 nitrogen and oxygen atoms in total. The highest BCUT2D eigenvalue weighted by Crippen LogP contribution is 2.23. The first-order chi connectivity index (χ1) is 10.1. The molecule has 3 N–H and O–H groups in total. The summed E-state index contributed by atoms with van der Waals surface area (Å²) in [6.07, 6.45) is -0.512. The van der Waals surface area contributed by atoms with Crippen molar-refractivity contribution < 1.29 is 14.6 Å². The zero-order valence-corrected chi connectivity index (χ0v) is 11.2. The Morgan fingerprint density at radius 3 is 2.90 bits per heavy atom. The quantitative estimate of drug-likeness (QED) is 0.676. The van der Waals surface area contributed by atoms with Crippen LogP contribution in [0.1, 0.15) is 13.3 Å². The number of aromatic nitrogens is 3. The number of aliphatic carboxylic acids is 1. The Balaban J connectivity index is 2.04. The van der Waals surface area contributed by atoms with Crippen molar-refractivity contribution in [3.63, 3.8) is 0 Å². The van der Waals surface area contributed by atoms with Gasteiger partial charge in [-0.1, -0.05) is 6.92 Å². The Morgan fingerprint density at radius 2 is 2.19 bits per heavy atom. The summed E-state index contributed by atoms with van der Waals surface area (Å²) in [6, 6.07) is 6.87. The summed E-state index contributed by atoms with van der Waals surface area (Å²) >= 11 is 0. The Bertz CT molecular complexity index is 881. The maximum atomic E-state index is 11.3. The Morgan fingerprint density at radius 1 is 1.38 bits per heavy atom. The molecule has 0 amide bonds. The highest BCUT2D eigenvalue weighted by molar-refractivity contribution is 5.90. The molecule has 0 saturated carbocycles. The summed E-state index contributed by atoms with van der Waals surface area (Å²) in [6.45, 7) is 1.75. The molecule has 108 valence electrons. The van der Waals surface area contributed by atoms with Crippen molar-refractivity contribution in [3.05, 3.63) is 34.7 Å². The van der Waals surface area contributed by atoms with Crippen LogP contribution in [0.2, 0.25) is 0 Å². The first-order valence-corrected chi connectivity index (χ1v) is 6.49. The van der Waals surface area contributed by atoms with Crippen LogP contribution in [0.5, 0.6) is 5.75 Å². The topological polar surface area (TPSA) is 108 Å². The summed E-state index contributed by atoms with van der Waals surface area (Å²) in [5.74, 6) is -0.545. The summed E-state index contributed by atoms with van der Waals surface area (Å²) in [5.41, 5.74) is 1.45. The second kappa shape index (κ2) is 4.93. The predicted octanol–water partition coefficient (Wildman–Crippen LogP) is 1.65. The van der Waals surface area contributed by atoms with Gasteiger partial charge in [0.05, 0.1) is 11.0 Å².